The van der Waals surface area contributed by atoms with E-state index in [1.54, 1.807) is 12.3 Å². The highest BCUT2D eigenvalue weighted by atomic mass is 35.5. The lowest BCUT2D eigenvalue weighted by Crippen LogP contribution is -2.46. The predicted octanol–water partition coefficient (Wildman–Crippen LogP) is 3.68. The molecule has 3 unspecified atom stereocenters. The molecule has 108 valence electrons. The molecule has 1 aromatic heterocycles. The van der Waals surface area contributed by atoms with Crippen molar-refractivity contribution >= 4 is 17.5 Å². The van der Waals surface area contributed by atoms with Crippen LogP contribution in [0.3, 0.4) is 0 Å². The topological polar surface area (TPSA) is 42.0 Å². The molecule has 1 heterocycles. The Kier molecular flexibility index (Phi) is 3.09. The molecule has 0 aromatic carbocycles. The number of aromatic nitrogens is 1. The number of hydrogen-bond donors (Lipinski definition) is 1. The first-order valence-corrected chi connectivity index (χ1v) is 7.64. The number of amides is 1. The van der Waals surface area contributed by atoms with Crippen LogP contribution in [-0.4, -0.2) is 16.9 Å². The van der Waals surface area contributed by atoms with Gasteiger partial charge in [-0.25, -0.2) is 0 Å². The second-order valence-corrected chi connectivity index (χ2v) is 7.40. The van der Waals surface area contributed by atoms with Crippen molar-refractivity contribution in [3.8, 4) is 0 Å². The summed E-state index contributed by atoms with van der Waals surface area (Å²) in [6, 6.07) is 1.92. The maximum atomic E-state index is 12.4. The fourth-order valence-corrected chi connectivity index (χ4v) is 4.42. The molecule has 3 atom stereocenters. The van der Waals surface area contributed by atoms with Gasteiger partial charge in [0.2, 0.25) is 0 Å². The number of pyridine rings is 1. The first-order chi connectivity index (χ1) is 9.36. The van der Waals surface area contributed by atoms with E-state index in [4.69, 9.17) is 11.6 Å². The molecule has 1 N–H and O–H groups in total. The van der Waals surface area contributed by atoms with Crippen molar-refractivity contribution in [1.29, 1.82) is 0 Å². The van der Waals surface area contributed by atoms with Crippen LogP contribution in [0.25, 0.3) is 0 Å². The fraction of sp³-hybridized carbons (Fsp3) is 0.625. The minimum absolute atomic E-state index is 0.0769. The average Bonchev–Trinajstić information content (AvgIpc) is 2.72. The third-order valence-electron chi connectivity index (χ3n) is 6.12. The first kappa shape index (κ1) is 13.9. The second kappa shape index (κ2) is 4.45. The van der Waals surface area contributed by atoms with Crippen molar-refractivity contribution < 1.29 is 4.79 Å². The Labute approximate surface area is 125 Å². The van der Waals surface area contributed by atoms with Gasteiger partial charge in [0.15, 0.2) is 0 Å². The van der Waals surface area contributed by atoms with E-state index >= 15 is 0 Å². The Morgan fingerprint density at radius 2 is 2.20 bits per heavy atom. The zero-order valence-electron chi connectivity index (χ0n) is 12.2. The van der Waals surface area contributed by atoms with Gasteiger partial charge in [0.05, 0.1) is 10.6 Å². The van der Waals surface area contributed by atoms with Gasteiger partial charge in [0.25, 0.3) is 5.91 Å². The normalized spacial score (nSPS) is 34.2. The molecule has 2 aliphatic carbocycles. The van der Waals surface area contributed by atoms with Crippen LogP contribution in [-0.2, 0) is 0 Å². The lowest BCUT2D eigenvalue weighted by atomic mass is 9.69. The molecule has 20 heavy (non-hydrogen) atoms. The summed E-state index contributed by atoms with van der Waals surface area (Å²) >= 11 is 6.05. The van der Waals surface area contributed by atoms with Gasteiger partial charge in [-0.3, -0.25) is 9.78 Å². The van der Waals surface area contributed by atoms with E-state index in [1.165, 1.54) is 19.0 Å². The number of hydrogen-bond acceptors (Lipinski definition) is 2. The van der Waals surface area contributed by atoms with Crippen molar-refractivity contribution in [3.63, 3.8) is 0 Å². The summed E-state index contributed by atoms with van der Waals surface area (Å²) in [5.41, 5.74) is 1.01. The Bertz CT molecular complexity index is 557. The standard InChI is InChI=1S/C16H21ClN2O/c1-15(2)10-4-6-16(15,3)13(8-10)19-14(20)11-5-7-18-9-12(11)17/h5,7,9-10,13H,4,6,8H2,1-3H3,(H,19,20). The van der Waals surface area contributed by atoms with Crippen LogP contribution in [0.15, 0.2) is 18.5 Å². The van der Waals surface area contributed by atoms with Crippen molar-refractivity contribution in [3.05, 3.63) is 29.0 Å². The van der Waals surface area contributed by atoms with Crippen molar-refractivity contribution in [2.75, 3.05) is 0 Å². The number of halogens is 1. The van der Waals surface area contributed by atoms with Gasteiger partial charge in [0, 0.05) is 18.4 Å². The predicted molar refractivity (Wildman–Crippen MR) is 79.7 cm³/mol. The quantitative estimate of drug-likeness (QED) is 0.903. The zero-order chi connectivity index (χ0) is 14.5. The third kappa shape index (κ3) is 1.79. The molecule has 2 saturated carbocycles. The molecule has 0 saturated heterocycles. The molecule has 1 amide bonds. The van der Waals surface area contributed by atoms with Gasteiger partial charge in [-0.15, -0.1) is 0 Å². The summed E-state index contributed by atoms with van der Waals surface area (Å²) in [4.78, 5) is 16.3. The summed E-state index contributed by atoms with van der Waals surface area (Å²) in [6.07, 6.45) is 6.68. The van der Waals surface area contributed by atoms with Gasteiger partial charge in [-0.1, -0.05) is 32.4 Å². The molecule has 3 nitrogen and oxygen atoms in total. The molecule has 1 aromatic rings. The highest BCUT2D eigenvalue weighted by Gasteiger charge is 2.61. The Hall–Kier alpha value is -1.09. The van der Waals surface area contributed by atoms with Gasteiger partial charge in [0.1, 0.15) is 0 Å². The average molecular weight is 293 g/mol. The van der Waals surface area contributed by atoms with E-state index < -0.39 is 0 Å². The van der Waals surface area contributed by atoms with Crippen LogP contribution in [0.5, 0.6) is 0 Å². The lowest BCUT2D eigenvalue weighted by Gasteiger charge is -2.39. The van der Waals surface area contributed by atoms with Crippen molar-refractivity contribution in [2.24, 2.45) is 16.7 Å². The molecular formula is C16H21ClN2O. The maximum absolute atomic E-state index is 12.4. The van der Waals surface area contributed by atoms with Crippen LogP contribution in [0.4, 0.5) is 0 Å². The molecule has 0 spiro atoms. The number of nitrogens with one attached hydrogen (secondary N) is 1. The van der Waals surface area contributed by atoms with Gasteiger partial charge < -0.3 is 5.32 Å². The minimum atomic E-state index is -0.0769. The van der Waals surface area contributed by atoms with Gasteiger partial charge in [-0.05, 0) is 42.1 Å². The molecule has 2 bridgehead atoms. The van der Waals surface area contributed by atoms with Crippen LogP contribution in [0.1, 0.15) is 50.4 Å². The van der Waals surface area contributed by atoms with E-state index in [0.29, 0.717) is 21.9 Å². The smallest absolute Gasteiger partial charge is 0.253 e. The van der Waals surface area contributed by atoms with E-state index in [0.717, 1.165) is 6.42 Å². The minimum Gasteiger partial charge on any atom is -0.349 e. The van der Waals surface area contributed by atoms with E-state index in [2.05, 4.69) is 31.1 Å². The van der Waals surface area contributed by atoms with E-state index in [-0.39, 0.29) is 17.4 Å². The Balaban J connectivity index is 1.81. The molecule has 2 fully saturated rings. The van der Waals surface area contributed by atoms with Gasteiger partial charge in [-0.2, -0.15) is 0 Å². The van der Waals surface area contributed by atoms with Crippen LogP contribution < -0.4 is 5.32 Å². The summed E-state index contributed by atoms with van der Waals surface area (Å²) < 4.78 is 0. The summed E-state index contributed by atoms with van der Waals surface area (Å²) in [5, 5.41) is 3.63. The van der Waals surface area contributed by atoms with Crippen LogP contribution >= 0.6 is 11.6 Å². The molecular weight excluding hydrogens is 272 g/mol. The highest BCUT2D eigenvalue weighted by Crippen LogP contribution is 2.65. The fourth-order valence-electron chi connectivity index (χ4n) is 4.22. The molecule has 0 aliphatic heterocycles. The molecule has 4 heteroatoms. The monoisotopic (exact) mass is 292 g/mol. The van der Waals surface area contributed by atoms with Crippen molar-refractivity contribution in [1.82, 2.24) is 10.3 Å². The Morgan fingerprint density at radius 3 is 2.75 bits per heavy atom. The van der Waals surface area contributed by atoms with E-state index in [1.807, 2.05) is 0 Å². The van der Waals surface area contributed by atoms with Crippen molar-refractivity contribution in [2.45, 2.75) is 46.1 Å². The first-order valence-electron chi connectivity index (χ1n) is 7.26. The molecule has 0 radical (unpaired) electrons. The third-order valence-corrected chi connectivity index (χ3v) is 6.42. The van der Waals surface area contributed by atoms with Gasteiger partial charge >= 0.3 is 0 Å². The SMILES string of the molecule is CC1(C)C2CCC1(C)C(NC(=O)c1ccncc1Cl)C2. The second-order valence-electron chi connectivity index (χ2n) is 6.99. The highest BCUT2D eigenvalue weighted by molar-refractivity contribution is 6.33. The summed E-state index contributed by atoms with van der Waals surface area (Å²) in [7, 11) is 0. The molecule has 3 rings (SSSR count). The summed E-state index contributed by atoms with van der Waals surface area (Å²) in [5.74, 6) is 0.637. The summed E-state index contributed by atoms with van der Waals surface area (Å²) in [6.45, 7) is 7.01. The number of rotatable bonds is 2. The lowest BCUT2D eigenvalue weighted by molar-refractivity contribution is 0.0826. The largest absolute Gasteiger partial charge is 0.349 e. The number of carbonyl (C=O) groups is 1. The number of nitrogens with zero attached hydrogens (tertiary/aromatic N) is 1. The van der Waals surface area contributed by atoms with E-state index in [9.17, 15) is 4.79 Å². The zero-order valence-corrected chi connectivity index (χ0v) is 13.0. The van der Waals surface area contributed by atoms with Crippen LogP contribution in [0, 0.1) is 16.7 Å². The number of carbonyl (C=O) groups excluding carboxylic acids is 1. The molecule has 2 aliphatic rings. The Morgan fingerprint density at radius 1 is 1.45 bits per heavy atom. The number of fused-ring (bicyclic) bond motifs is 2. The van der Waals surface area contributed by atoms with Crippen LogP contribution in [0.2, 0.25) is 5.02 Å². The maximum Gasteiger partial charge on any atom is 0.253 e.